The van der Waals surface area contributed by atoms with Crippen LogP contribution in [-0.4, -0.2) is 38.8 Å². The Morgan fingerprint density at radius 2 is 2.43 bits per heavy atom. The lowest BCUT2D eigenvalue weighted by molar-refractivity contribution is 0.133. The standard InChI is InChI=1S/C10H18N2O2/c1-12(5-7-13-2)9(8-11)10-4-3-6-14-10/h3-4,6,9H,5,7-8,11H2,1-2H3. The van der Waals surface area contributed by atoms with Crippen molar-refractivity contribution >= 4 is 0 Å². The largest absolute Gasteiger partial charge is 0.468 e. The van der Waals surface area contributed by atoms with Gasteiger partial charge in [0.2, 0.25) is 0 Å². The molecule has 0 saturated heterocycles. The Labute approximate surface area is 84.6 Å². The number of likely N-dealkylation sites (N-methyl/N-ethyl adjacent to an activating group) is 1. The molecule has 0 fully saturated rings. The molecular formula is C10H18N2O2. The third kappa shape index (κ3) is 2.83. The van der Waals surface area contributed by atoms with Crippen molar-refractivity contribution in [3.05, 3.63) is 24.2 Å². The summed E-state index contributed by atoms with van der Waals surface area (Å²) in [5, 5.41) is 0. The topological polar surface area (TPSA) is 51.6 Å². The highest BCUT2D eigenvalue weighted by Gasteiger charge is 2.17. The first kappa shape index (κ1) is 11.2. The van der Waals surface area contributed by atoms with Gasteiger partial charge in [0.1, 0.15) is 5.76 Å². The number of rotatable bonds is 6. The van der Waals surface area contributed by atoms with E-state index in [1.54, 1.807) is 13.4 Å². The van der Waals surface area contributed by atoms with Crippen molar-refractivity contribution in [1.29, 1.82) is 0 Å². The molecule has 1 atom stereocenters. The molecule has 80 valence electrons. The summed E-state index contributed by atoms with van der Waals surface area (Å²) >= 11 is 0. The average molecular weight is 198 g/mol. The summed E-state index contributed by atoms with van der Waals surface area (Å²) in [6, 6.07) is 3.96. The smallest absolute Gasteiger partial charge is 0.122 e. The second-order valence-electron chi connectivity index (χ2n) is 3.24. The molecule has 14 heavy (non-hydrogen) atoms. The van der Waals surface area contributed by atoms with Crippen molar-refractivity contribution < 1.29 is 9.15 Å². The van der Waals surface area contributed by atoms with Crippen LogP contribution in [0.3, 0.4) is 0 Å². The van der Waals surface area contributed by atoms with E-state index in [1.807, 2.05) is 19.2 Å². The first-order valence-corrected chi connectivity index (χ1v) is 4.72. The fourth-order valence-corrected chi connectivity index (χ4v) is 1.39. The molecule has 0 amide bonds. The van der Waals surface area contributed by atoms with Crippen LogP contribution in [0.15, 0.2) is 22.8 Å². The highest BCUT2D eigenvalue weighted by atomic mass is 16.5. The maximum Gasteiger partial charge on any atom is 0.122 e. The van der Waals surface area contributed by atoms with Crippen LogP contribution in [0.1, 0.15) is 11.8 Å². The number of ether oxygens (including phenoxy) is 1. The molecule has 4 heteroatoms. The number of hydrogen-bond donors (Lipinski definition) is 1. The van der Waals surface area contributed by atoms with Gasteiger partial charge in [-0.25, -0.2) is 0 Å². The van der Waals surface area contributed by atoms with E-state index < -0.39 is 0 Å². The van der Waals surface area contributed by atoms with E-state index in [0.29, 0.717) is 13.2 Å². The minimum absolute atomic E-state index is 0.139. The predicted molar refractivity (Wildman–Crippen MR) is 55.0 cm³/mol. The van der Waals surface area contributed by atoms with Gasteiger partial charge in [0.15, 0.2) is 0 Å². The molecule has 1 aromatic heterocycles. The van der Waals surface area contributed by atoms with Gasteiger partial charge in [0, 0.05) is 20.2 Å². The van der Waals surface area contributed by atoms with Gasteiger partial charge < -0.3 is 14.9 Å². The molecular weight excluding hydrogens is 180 g/mol. The van der Waals surface area contributed by atoms with E-state index in [1.165, 1.54) is 0 Å². The third-order valence-electron chi connectivity index (χ3n) is 2.28. The summed E-state index contributed by atoms with van der Waals surface area (Å²) in [7, 11) is 3.71. The number of methoxy groups -OCH3 is 1. The molecule has 0 radical (unpaired) electrons. The molecule has 0 bridgehead atoms. The number of furan rings is 1. The Balaban J connectivity index is 2.53. The Kier molecular flexibility index (Phi) is 4.65. The zero-order valence-corrected chi connectivity index (χ0v) is 8.77. The first-order chi connectivity index (χ1) is 6.79. The van der Waals surface area contributed by atoms with Crippen LogP contribution in [-0.2, 0) is 4.74 Å². The molecule has 4 nitrogen and oxygen atoms in total. The van der Waals surface area contributed by atoms with E-state index in [2.05, 4.69) is 4.90 Å². The van der Waals surface area contributed by atoms with Crippen molar-refractivity contribution in [3.63, 3.8) is 0 Å². The number of hydrogen-bond acceptors (Lipinski definition) is 4. The Morgan fingerprint density at radius 1 is 1.64 bits per heavy atom. The Hall–Kier alpha value is -0.840. The molecule has 0 aromatic carbocycles. The zero-order chi connectivity index (χ0) is 10.4. The van der Waals surface area contributed by atoms with Gasteiger partial charge >= 0.3 is 0 Å². The molecule has 1 unspecified atom stereocenters. The fraction of sp³-hybridized carbons (Fsp3) is 0.600. The summed E-state index contributed by atoms with van der Waals surface area (Å²) in [5.41, 5.74) is 5.69. The van der Waals surface area contributed by atoms with Crippen LogP contribution in [0.4, 0.5) is 0 Å². The van der Waals surface area contributed by atoms with Crippen molar-refractivity contribution in [3.8, 4) is 0 Å². The summed E-state index contributed by atoms with van der Waals surface area (Å²) in [5.74, 6) is 0.908. The lowest BCUT2D eigenvalue weighted by Gasteiger charge is -2.24. The number of nitrogens with zero attached hydrogens (tertiary/aromatic N) is 1. The molecule has 1 rings (SSSR count). The molecule has 0 saturated carbocycles. The van der Waals surface area contributed by atoms with Crippen LogP contribution >= 0.6 is 0 Å². The van der Waals surface area contributed by atoms with Gasteiger partial charge in [-0.1, -0.05) is 0 Å². The molecule has 2 N–H and O–H groups in total. The SMILES string of the molecule is COCCN(C)C(CN)c1ccco1. The fourth-order valence-electron chi connectivity index (χ4n) is 1.39. The highest BCUT2D eigenvalue weighted by Crippen LogP contribution is 2.17. The predicted octanol–water partition coefficient (Wildman–Crippen LogP) is 0.858. The van der Waals surface area contributed by atoms with Crippen molar-refractivity contribution in [2.45, 2.75) is 6.04 Å². The zero-order valence-electron chi connectivity index (χ0n) is 8.77. The molecule has 0 spiro atoms. The van der Waals surface area contributed by atoms with E-state index in [0.717, 1.165) is 12.3 Å². The van der Waals surface area contributed by atoms with Gasteiger partial charge in [-0.15, -0.1) is 0 Å². The minimum atomic E-state index is 0.139. The van der Waals surface area contributed by atoms with E-state index in [4.69, 9.17) is 14.9 Å². The van der Waals surface area contributed by atoms with Crippen molar-refractivity contribution in [1.82, 2.24) is 4.90 Å². The minimum Gasteiger partial charge on any atom is -0.468 e. The Morgan fingerprint density at radius 3 is 2.93 bits per heavy atom. The molecule has 0 aliphatic rings. The summed E-state index contributed by atoms with van der Waals surface area (Å²) < 4.78 is 10.3. The van der Waals surface area contributed by atoms with Crippen molar-refractivity contribution in [2.24, 2.45) is 5.73 Å². The average Bonchev–Trinajstić information content (AvgIpc) is 2.69. The van der Waals surface area contributed by atoms with Gasteiger partial charge in [0.25, 0.3) is 0 Å². The van der Waals surface area contributed by atoms with Crippen LogP contribution in [0, 0.1) is 0 Å². The van der Waals surface area contributed by atoms with Crippen LogP contribution < -0.4 is 5.73 Å². The quantitative estimate of drug-likeness (QED) is 0.736. The van der Waals surface area contributed by atoms with Crippen LogP contribution in [0.2, 0.25) is 0 Å². The van der Waals surface area contributed by atoms with Gasteiger partial charge in [0.05, 0.1) is 18.9 Å². The maximum absolute atomic E-state index is 5.69. The molecule has 1 aromatic rings. The third-order valence-corrected chi connectivity index (χ3v) is 2.28. The molecule has 1 heterocycles. The Bertz CT molecular complexity index is 236. The van der Waals surface area contributed by atoms with Crippen molar-refractivity contribution in [2.75, 3.05) is 33.9 Å². The second kappa shape index (κ2) is 5.80. The normalized spacial score (nSPS) is 13.4. The van der Waals surface area contributed by atoms with Gasteiger partial charge in [-0.3, -0.25) is 4.90 Å². The lowest BCUT2D eigenvalue weighted by Crippen LogP contribution is -2.32. The number of nitrogens with two attached hydrogens (primary N) is 1. The van der Waals surface area contributed by atoms with Gasteiger partial charge in [-0.05, 0) is 19.2 Å². The van der Waals surface area contributed by atoms with E-state index in [9.17, 15) is 0 Å². The van der Waals surface area contributed by atoms with Gasteiger partial charge in [-0.2, -0.15) is 0 Å². The first-order valence-electron chi connectivity index (χ1n) is 4.72. The molecule has 0 aliphatic heterocycles. The lowest BCUT2D eigenvalue weighted by atomic mass is 10.2. The monoisotopic (exact) mass is 198 g/mol. The summed E-state index contributed by atoms with van der Waals surface area (Å²) in [4.78, 5) is 2.13. The van der Waals surface area contributed by atoms with E-state index in [-0.39, 0.29) is 6.04 Å². The van der Waals surface area contributed by atoms with E-state index >= 15 is 0 Å². The summed E-state index contributed by atoms with van der Waals surface area (Å²) in [6.45, 7) is 2.10. The van der Waals surface area contributed by atoms with Crippen LogP contribution in [0.5, 0.6) is 0 Å². The highest BCUT2D eigenvalue weighted by molar-refractivity contribution is 5.04. The van der Waals surface area contributed by atoms with Crippen LogP contribution in [0.25, 0.3) is 0 Å². The second-order valence-corrected chi connectivity index (χ2v) is 3.24. The summed E-state index contributed by atoms with van der Waals surface area (Å²) in [6.07, 6.45) is 1.67. The molecule has 0 aliphatic carbocycles. The maximum atomic E-state index is 5.69.